The van der Waals surface area contributed by atoms with Crippen LogP contribution in [0.1, 0.15) is 25.8 Å². The molecule has 1 rings (SSSR count). The molecule has 0 aliphatic carbocycles. The zero-order valence-electron chi connectivity index (χ0n) is 10.5. The molecule has 1 aromatic rings. The Morgan fingerprint density at radius 1 is 1.22 bits per heavy atom. The molecular formula is C13H17FN2O2. The second-order valence-electron chi connectivity index (χ2n) is 4.09. The van der Waals surface area contributed by atoms with Crippen molar-refractivity contribution in [1.82, 2.24) is 10.6 Å². The monoisotopic (exact) mass is 252 g/mol. The fourth-order valence-electron chi connectivity index (χ4n) is 1.26. The van der Waals surface area contributed by atoms with E-state index >= 15 is 0 Å². The number of rotatable bonds is 4. The third-order valence-electron chi connectivity index (χ3n) is 2.56. The van der Waals surface area contributed by atoms with E-state index in [1.807, 2.05) is 13.8 Å². The summed E-state index contributed by atoms with van der Waals surface area (Å²) in [5.74, 6) is -1.66. The van der Waals surface area contributed by atoms with E-state index in [0.717, 1.165) is 12.0 Å². The highest BCUT2D eigenvalue weighted by Crippen LogP contribution is 2.01. The first-order chi connectivity index (χ1) is 8.52. The molecule has 4 nitrogen and oxygen atoms in total. The Kier molecular flexibility index (Phi) is 5.30. The van der Waals surface area contributed by atoms with Gasteiger partial charge in [0, 0.05) is 12.6 Å². The normalized spacial score (nSPS) is 11.7. The second-order valence-corrected chi connectivity index (χ2v) is 4.09. The summed E-state index contributed by atoms with van der Waals surface area (Å²) >= 11 is 0. The number of carbonyl (C=O) groups excluding carboxylic acids is 2. The topological polar surface area (TPSA) is 58.2 Å². The van der Waals surface area contributed by atoms with Crippen molar-refractivity contribution in [3.05, 3.63) is 35.6 Å². The number of nitrogens with one attached hydrogen (secondary N) is 2. The molecule has 0 unspecified atom stereocenters. The largest absolute Gasteiger partial charge is 0.345 e. The van der Waals surface area contributed by atoms with E-state index in [9.17, 15) is 14.0 Å². The van der Waals surface area contributed by atoms with Crippen molar-refractivity contribution in [2.75, 3.05) is 0 Å². The van der Waals surface area contributed by atoms with Crippen LogP contribution in [-0.2, 0) is 16.1 Å². The summed E-state index contributed by atoms with van der Waals surface area (Å²) in [6.07, 6.45) is 0.761. The van der Waals surface area contributed by atoms with Crippen LogP contribution in [0.3, 0.4) is 0 Å². The van der Waals surface area contributed by atoms with Crippen molar-refractivity contribution in [2.24, 2.45) is 0 Å². The van der Waals surface area contributed by atoms with Crippen LogP contribution in [0.25, 0.3) is 0 Å². The van der Waals surface area contributed by atoms with E-state index in [1.165, 1.54) is 12.1 Å². The van der Waals surface area contributed by atoms with Gasteiger partial charge in [0.25, 0.3) is 0 Å². The van der Waals surface area contributed by atoms with Gasteiger partial charge in [0.15, 0.2) is 0 Å². The predicted molar refractivity (Wildman–Crippen MR) is 66.1 cm³/mol. The molecule has 0 bridgehead atoms. The molecular weight excluding hydrogens is 235 g/mol. The van der Waals surface area contributed by atoms with Crippen LogP contribution in [-0.4, -0.2) is 17.9 Å². The molecule has 0 saturated heterocycles. The van der Waals surface area contributed by atoms with Crippen LogP contribution >= 0.6 is 0 Å². The van der Waals surface area contributed by atoms with E-state index < -0.39 is 11.8 Å². The highest BCUT2D eigenvalue weighted by molar-refractivity contribution is 6.35. The number of carbonyl (C=O) groups is 2. The van der Waals surface area contributed by atoms with Crippen molar-refractivity contribution >= 4 is 11.8 Å². The lowest BCUT2D eigenvalue weighted by atomic mass is 10.2. The number of hydrogen-bond acceptors (Lipinski definition) is 2. The van der Waals surface area contributed by atoms with Crippen molar-refractivity contribution in [3.63, 3.8) is 0 Å². The highest BCUT2D eigenvalue weighted by Gasteiger charge is 2.14. The van der Waals surface area contributed by atoms with Crippen molar-refractivity contribution < 1.29 is 14.0 Å². The Morgan fingerprint density at radius 3 is 2.39 bits per heavy atom. The summed E-state index contributed by atoms with van der Waals surface area (Å²) in [6.45, 7) is 3.94. The maximum absolute atomic E-state index is 12.6. The minimum atomic E-state index is -0.681. The van der Waals surface area contributed by atoms with E-state index in [0.29, 0.717) is 0 Å². The molecule has 98 valence electrons. The van der Waals surface area contributed by atoms with Gasteiger partial charge in [-0.15, -0.1) is 0 Å². The minimum absolute atomic E-state index is 0.0333. The number of hydrogen-bond donors (Lipinski definition) is 2. The number of benzene rings is 1. The Hall–Kier alpha value is -1.91. The molecule has 0 saturated carbocycles. The van der Waals surface area contributed by atoms with Crippen LogP contribution in [0, 0.1) is 5.82 Å². The summed E-state index contributed by atoms with van der Waals surface area (Å²) in [5.41, 5.74) is 0.737. The summed E-state index contributed by atoms with van der Waals surface area (Å²) in [4.78, 5) is 22.8. The van der Waals surface area contributed by atoms with Gasteiger partial charge in [0.05, 0.1) is 0 Å². The van der Waals surface area contributed by atoms with E-state index in [1.54, 1.807) is 12.1 Å². The first kappa shape index (κ1) is 14.2. The fraction of sp³-hybridized carbons (Fsp3) is 0.385. The maximum Gasteiger partial charge on any atom is 0.309 e. The lowest BCUT2D eigenvalue weighted by Gasteiger charge is -2.11. The second kappa shape index (κ2) is 6.74. The summed E-state index contributed by atoms with van der Waals surface area (Å²) in [7, 11) is 0. The Balaban J connectivity index is 2.41. The molecule has 0 fully saturated rings. The zero-order chi connectivity index (χ0) is 13.5. The molecule has 18 heavy (non-hydrogen) atoms. The molecule has 5 heteroatoms. The van der Waals surface area contributed by atoms with Crippen LogP contribution in [0.4, 0.5) is 4.39 Å². The molecule has 0 aliphatic rings. The molecule has 0 aromatic heterocycles. The standard InChI is InChI=1S/C13H17FN2O2/c1-3-9(2)16-13(18)12(17)15-8-10-4-6-11(14)7-5-10/h4-7,9H,3,8H2,1-2H3,(H,15,17)(H,16,18)/t9-/m0/s1. The van der Waals surface area contributed by atoms with Crippen molar-refractivity contribution in [1.29, 1.82) is 0 Å². The van der Waals surface area contributed by atoms with E-state index in [-0.39, 0.29) is 18.4 Å². The fourth-order valence-corrected chi connectivity index (χ4v) is 1.26. The van der Waals surface area contributed by atoms with Crippen LogP contribution in [0.15, 0.2) is 24.3 Å². The minimum Gasteiger partial charge on any atom is -0.345 e. The third kappa shape index (κ3) is 4.53. The summed E-state index contributed by atoms with van der Waals surface area (Å²) in [6, 6.07) is 5.69. The number of amides is 2. The summed E-state index contributed by atoms with van der Waals surface area (Å²) < 4.78 is 12.6. The van der Waals surface area contributed by atoms with Crippen molar-refractivity contribution in [2.45, 2.75) is 32.9 Å². The molecule has 0 aliphatic heterocycles. The molecule has 0 radical (unpaired) electrons. The van der Waals surface area contributed by atoms with Gasteiger partial charge in [-0.05, 0) is 31.0 Å². The smallest absolute Gasteiger partial charge is 0.309 e. The third-order valence-corrected chi connectivity index (χ3v) is 2.56. The van der Waals surface area contributed by atoms with Gasteiger partial charge in [0.1, 0.15) is 5.82 Å². The van der Waals surface area contributed by atoms with Gasteiger partial charge in [-0.25, -0.2) is 4.39 Å². The van der Waals surface area contributed by atoms with Crippen LogP contribution < -0.4 is 10.6 Å². The molecule has 2 N–H and O–H groups in total. The average Bonchev–Trinajstić information content (AvgIpc) is 2.37. The van der Waals surface area contributed by atoms with Gasteiger partial charge in [-0.1, -0.05) is 19.1 Å². The molecule has 0 spiro atoms. The van der Waals surface area contributed by atoms with Gasteiger partial charge < -0.3 is 10.6 Å². The van der Waals surface area contributed by atoms with Gasteiger partial charge in [-0.3, -0.25) is 9.59 Å². The molecule has 0 heterocycles. The van der Waals surface area contributed by atoms with Gasteiger partial charge in [-0.2, -0.15) is 0 Å². The van der Waals surface area contributed by atoms with E-state index in [2.05, 4.69) is 10.6 Å². The van der Waals surface area contributed by atoms with Crippen LogP contribution in [0.2, 0.25) is 0 Å². The quantitative estimate of drug-likeness (QED) is 0.795. The average molecular weight is 252 g/mol. The molecule has 1 atom stereocenters. The lowest BCUT2D eigenvalue weighted by molar-refractivity contribution is -0.139. The highest BCUT2D eigenvalue weighted by atomic mass is 19.1. The van der Waals surface area contributed by atoms with Gasteiger partial charge in [0.2, 0.25) is 0 Å². The zero-order valence-corrected chi connectivity index (χ0v) is 10.5. The first-order valence-electron chi connectivity index (χ1n) is 5.86. The first-order valence-corrected chi connectivity index (χ1v) is 5.86. The maximum atomic E-state index is 12.6. The summed E-state index contributed by atoms with van der Waals surface area (Å²) in [5, 5.41) is 5.04. The Morgan fingerprint density at radius 2 is 1.83 bits per heavy atom. The predicted octanol–water partition coefficient (Wildman–Crippen LogP) is 1.36. The molecule has 1 aromatic carbocycles. The Labute approximate surface area is 106 Å². The molecule has 2 amide bonds. The van der Waals surface area contributed by atoms with Gasteiger partial charge >= 0.3 is 11.8 Å². The number of halogens is 1. The Bertz CT molecular complexity index is 418. The van der Waals surface area contributed by atoms with E-state index in [4.69, 9.17) is 0 Å². The lowest BCUT2D eigenvalue weighted by Crippen LogP contribution is -2.43. The van der Waals surface area contributed by atoms with Crippen molar-refractivity contribution in [3.8, 4) is 0 Å². The van der Waals surface area contributed by atoms with Crippen LogP contribution in [0.5, 0.6) is 0 Å². The SMILES string of the molecule is CC[C@H](C)NC(=O)C(=O)NCc1ccc(F)cc1.